The van der Waals surface area contributed by atoms with Gasteiger partial charge in [0.1, 0.15) is 12.1 Å². The fourth-order valence-electron chi connectivity index (χ4n) is 1.26. The van der Waals surface area contributed by atoms with Crippen LogP contribution in [0.1, 0.15) is 10.6 Å². The fourth-order valence-corrected chi connectivity index (χ4v) is 1.26. The number of nitrogens with one attached hydrogen (secondary N) is 1. The number of anilines is 1. The second-order valence-corrected chi connectivity index (χ2v) is 3.21. The molecule has 0 radical (unpaired) electrons. The summed E-state index contributed by atoms with van der Waals surface area (Å²) in [4.78, 5) is 17.0. The zero-order valence-electron chi connectivity index (χ0n) is 8.58. The second kappa shape index (κ2) is 4.01. The van der Waals surface area contributed by atoms with Crippen LogP contribution in [0.4, 0.5) is 5.69 Å². The quantitative estimate of drug-likeness (QED) is 0.780. The predicted octanol–water partition coefficient (Wildman–Crippen LogP) is 0.787. The number of aromatic amines is 1. The molecule has 1 aromatic heterocycles. The number of nitrogens with zero attached hydrogens (tertiary/aromatic N) is 3. The van der Waals surface area contributed by atoms with Crippen molar-refractivity contribution in [2.24, 2.45) is 0 Å². The van der Waals surface area contributed by atoms with Gasteiger partial charge in [-0.3, -0.25) is 9.89 Å². The van der Waals surface area contributed by atoms with Crippen LogP contribution in [0.3, 0.4) is 0 Å². The normalized spacial score (nSPS) is 10.1. The molecule has 1 amide bonds. The molecule has 6 heteroatoms. The Morgan fingerprint density at radius 1 is 1.38 bits per heavy atom. The third-order valence-electron chi connectivity index (χ3n) is 2.16. The molecule has 16 heavy (non-hydrogen) atoms. The summed E-state index contributed by atoms with van der Waals surface area (Å²) in [5, 5.41) is 15.2. The average molecular weight is 218 g/mol. The van der Waals surface area contributed by atoms with E-state index in [1.807, 2.05) is 0 Å². The molecule has 0 spiro atoms. The molecule has 0 aliphatic carbocycles. The molecule has 6 nitrogen and oxygen atoms in total. The van der Waals surface area contributed by atoms with E-state index in [9.17, 15) is 4.79 Å². The van der Waals surface area contributed by atoms with Crippen molar-refractivity contribution in [2.45, 2.75) is 0 Å². The lowest BCUT2D eigenvalue weighted by Gasteiger charge is -2.15. The minimum Gasteiger partial charge on any atom is -0.508 e. The van der Waals surface area contributed by atoms with Crippen molar-refractivity contribution in [2.75, 3.05) is 11.9 Å². The number of aromatic nitrogens is 3. The Labute approximate surface area is 91.6 Å². The highest BCUT2D eigenvalue weighted by atomic mass is 16.3. The third-order valence-corrected chi connectivity index (χ3v) is 2.16. The summed E-state index contributed by atoms with van der Waals surface area (Å²) in [5.74, 6) is 0.0445. The molecule has 0 bridgehead atoms. The number of H-pyrrole nitrogens is 1. The highest BCUT2D eigenvalue weighted by Crippen LogP contribution is 2.18. The van der Waals surface area contributed by atoms with Gasteiger partial charge in [-0.1, -0.05) is 0 Å². The number of benzene rings is 1. The highest BCUT2D eigenvalue weighted by molar-refractivity contribution is 6.02. The van der Waals surface area contributed by atoms with Gasteiger partial charge < -0.3 is 10.0 Å². The number of hydrogen-bond acceptors (Lipinski definition) is 4. The van der Waals surface area contributed by atoms with Gasteiger partial charge in [0, 0.05) is 12.7 Å². The molecule has 1 heterocycles. The second-order valence-electron chi connectivity index (χ2n) is 3.21. The van der Waals surface area contributed by atoms with E-state index in [4.69, 9.17) is 5.11 Å². The van der Waals surface area contributed by atoms with Crippen LogP contribution in [0.5, 0.6) is 5.75 Å². The first-order chi connectivity index (χ1) is 7.68. The standard InChI is InChI=1S/C10H10N4O2/c1-14(7-2-4-8(15)5-3-7)10(16)9-11-6-12-13-9/h2-6,15H,1H3,(H,11,12,13). The molecule has 0 unspecified atom stereocenters. The van der Waals surface area contributed by atoms with Gasteiger partial charge in [-0.2, -0.15) is 5.10 Å². The van der Waals surface area contributed by atoms with Crippen LogP contribution in [0.15, 0.2) is 30.6 Å². The maximum absolute atomic E-state index is 11.8. The molecule has 1 aromatic carbocycles. The monoisotopic (exact) mass is 218 g/mol. The summed E-state index contributed by atoms with van der Waals surface area (Å²) in [5.41, 5.74) is 0.666. The van der Waals surface area contributed by atoms with Crippen LogP contribution in [-0.4, -0.2) is 33.2 Å². The van der Waals surface area contributed by atoms with Gasteiger partial charge in [-0.25, -0.2) is 4.98 Å². The van der Waals surface area contributed by atoms with Crippen molar-refractivity contribution < 1.29 is 9.90 Å². The number of carbonyl (C=O) groups excluding carboxylic acids is 1. The molecular formula is C10H10N4O2. The van der Waals surface area contributed by atoms with Crippen molar-refractivity contribution in [1.82, 2.24) is 15.2 Å². The first-order valence-electron chi connectivity index (χ1n) is 4.61. The van der Waals surface area contributed by atoms with Crippen molar-refractivity contribution in [3.8, 4) is 5.75 Å². The summed E-state index contributed by atoms with van der Waals surface area (Å²) in [6.45, 7) is 0. The van der Waals surface area contributed by atoms with E-state index >= 15 is 0 Å². The number of hydrogen-bond donors (Lipinski definition) is 2. The van der Waals surface area contributed by atoms with Gasteiger partial charge in [0.05, 0.1) is 0 Å². The third kappa shape index (κ3) is 1.85. The number of phenolic OH excluding ortho intramolecular Hbond substituents is 1. The molecular weight excluding hydrogens is 208 g/mol. The molecule has 0 atom stereocenters. The van der Waals surface area contributed by atoms with E-state index in [0.29, 0.717) is 5.69 Å². The predicted molar refractivity (Wildman–Crippen MR) is 57.2 cm³/mol. The lowest BCUT2D eigenvalue weighted by atomic mass is 10.3. The summed E-state index contributed by atoms with van der Waals surface area (Å²) in [7, 11) is 1.62. The molecule has 2 rings (SSSR count). The van der Waals surface area contributed by atoms with Crippen LogP contribution in [0.25, 0.3) is 0 Å². The van der Waals surface area contributed by atoms with E-state index in [0.717, 1.165) is 0 Å². The van der Waals surface area contributed by atoms with Gasteiger partial charge in [0.2, 0.25) is 5.82 Å². The first-order valence-corrected chi connectivity index (χ1v) is 4.61. The number of aromatic hydroxyl groups is 1. The molecule has 2 aromatic rings. The van der Waals surface area contributed by atoms with E-state index in [-0.39, 0.29) is 17.5 Å². The Hall–Kier alpha value is -2.37. The number of carbonyl (C=O) groups is 1. The number of rotatable bonds is 2. The molecule has 82 valence electrons. The average Bonchev–Trinajstić information content (AvgIpc) is 2.81. The smallest absolute Gasteiger partial charge is 0.295 e. The van der Waals surface area contributed by atoms with Crippen LogP contribution < -0.4 is 4.90 Å². The van der Waals surface area contributed by atoms with Gasteiger partial charge in [-0.05, 0) is 24.3 Å². The zero-order valence-corrected chi connectivity index (χ0v) is 8.58. The van der Waals surface area contributed by atoms with E-state index in [2.05, 4.69) is 15.2 Å². The van der Waals surface area contributed by atoms with Crippen molar-refractivity contribution in [3.05, 3.63) is 36.4 Å². The SMILES string of the molecule is CN(C(=O)c1ncn[nH]1)c1ccc(O)cc1. The molecule has 0 saturated carbocycles. The Morgan fingerprint density at radius 3 is 2.62 bits per heavy atom. The highest BCUT2D eigenvalue weighted by Gasteiger charge is 2.15. The van der Waals surface area contributed by atoms with Crippen LogP contribution >= 0.6 is 0 Å². The van der Waals surface area contributed by atoms with Crippen molar-refractivity contribution in [1.29, 1.82) is 0 Å². The van der Waals surface area contributed by atoms with E-state index in [1.165, 1.54) is 23.4 Å². The molecule has 0 aliphatic heterocycles. The Morgan fingerprint density at radius 2 is 2.06 bits per heavy atom. The van der Waals surface area contributed by atoms with Gasteiger partial charge in [-0.15, -0.1) is 0 Å². The number of phenols is 1. The van der Waals surface area contributed by atoms with Gasteiger partial charge in [0.15, 0.2) is 0 Å². The lowest BCUT2D eigenvalue weighted by Crippen LogP contribution is -2.27. The minimum atomic E-state index is -0.289. The summed E-state index contributed by atoms with van der Waals surface area (Å²) < 4.78 is 0. The Balaban J connectivity index is 2.22. The van der Waals surface area contributed by atoms with E-state index in [1.54, 1.807) is 19.2 Å². The zero-order chi connectivity index (χ0) is 11.5. The maximum Gasteiger partial charge on any atom is 0.295 e. The number of amides is 1. The molecule has 0 aliphatic rings. The molecule has 0 fully saturated rings. The van der Waals surface area contributed by atoms with Gasteiger partial charge >= 0.3 is 0 Å². The fraction of sp³-hybridized carbons (Fsp3) is 0.100. The Bertz CT molecular complexity index is 478. The summed E-state index contributed by atoms with van der Waals surface area (Å²) >= 11 is 0. The van der Waals surface area contributed by atoms with E-state index < -0.39 is 0 Å². The maximum atomic E-state index is 11.8. The summed E-state index contributed by atoms with van der Waals surface area (Å²) in [6, 6.07) is 6.31. The minimum absolute atomic E-state index is 0.157. The van der Waals surface area contributed by atoms with Crippen molar-refractivity contribution in [3.63, 3.8) is 0 Å². The van der Waals surface area contributed by atoms with Gasteiger partial charge in [0.25, 0.3) is 5.91 Å². The Kier molecular flexibility index (Phi) is 2.55. The summed E-state index contributed by atoms with van der Waals surface area (Å²) in [6.07, 6.45) is 1.28. The van der Waals surface area contributed by atoms with Crippen molar-refractivity contribution >= 4 is 11.6 Å². The topological polar surface area (TPSA) is 82.1 Å². The first kappa shape index (κ1) is 10.2. The lowest BCUT2D eigenvalue weighted by molar-refractivity contribution is 0.0983. The van der Waals surface area contributed by atoms with Crippen LogP contribution in [0.2, 0.25) is 0 Å². The largest absolute Gasteiger partial charge is 0.508 e. The van der Waals surface area contributed by atoms with Crippen LogP contribution in [0, 0.1) is 0 Å². The van der Waals surface area contributed by atoms with Crippen LogP contribution in [-0.2, 0) is 0 Å². The molecule has 0 saturated heterocycles. The molecule has 2 N–H and O–H groups in total.